The van der Waals surface area contributed by atoms with Gasteiger partial charge in [0.1, 0.15) is 12.7 Å². The van der Waals surface area contributed by atoms with E-state index in [0.717, 1.165) is 49.7 Å². The first kappa shape index (κ1) is 33.9. The minimum absolute atomic E-state index is 0.0117. The van der Waals surface area contributed by atoms with Gasteiger partial charge in [-0.1, -0.05) is 69.3 Å². The number of carbonyl (C=O) groups is 4. The molecule has 6 rings (SSSR count). The van der Waals surface area contributed by atoms with Crippen molar-refractivity contribution in [2.24, 2.45) is 40.4 Å². The average molecular weight is 656 g/mol. The van der Waals surface area contributed by atoms with Gasteiger partial charge >= 0.3 is 18.0 Å². The molecule has 0 saturated heterocycles. The summed E-state index contributed by atoms with van der Waals surface area (Å²) in [5.41, 5.74) is 1.90. The number of rotatable bonds is 9. The van der Waals surface area contributed by atoms with Gasteiger partial charge in [-0.3, -0.25) is 14.9 Å². The van der Waals surface area contributed by atoms with Crippen LogP contribution >= 0.6 is 0 Å². The van der Waals surface area contributed by atoms with Crippen LogP contribution in [0, 0.1) is 40.4 Å². The third-order valence-electron chi connectivity index (χ3n) is 12.5. The lowest BCUT2D eigenvalue weighted by atomic mass is 9.47. The van der Waals surface area contributed by atoms with E-state index in [0.29, 0.717) is 30.5 Å². The molecule has 0 aromatic heterocycles. The highest BCUT2D eigenvalue weighted by molar-refractivity contribution is 6.04. The molecular weight excluding hydrogens is 606 g/mol. The number of methoxy groups -OCH3 is 1. The Bertz CT molecular complexity index is 1550. The Hall–Kier alpha value is -3.94. The first-order chi connectivity index (χ1) is 23.1. The van der Waals surface area contributed by atoms with E-state index in [1.165, 1.54) is 7.11 Å². The molecule has 0 bridgehead atoms. The summed E-state index contributed by atoms with van der Waals surface area (Å²) in [7, 11) is 1.41. The van der Waals surface area contributed by atoms with E-state index in [1.807, 2.05) is 48.5 Å². The number of Topliss-reactive ketones (excluding diaryl/α,β-unsaturated/α-hetero) is 1. The van der Waals surface area contributed by atoms with Crippen LogP contribution in [-0.2, 0) is 30.4 Å². The molecule has 3 fully saturated rings. The Labute approximate surface area is 284 Å². The average Bonchev–Trinajstić information content (AvgIpc) is 3.47. The van der Waals surface area contributed by atoms with Crippen molar-refractivity contribution in [3.63, 3.8) is 0 Å². The Morgan fingerprint density at radius 1 is 0.938 bits per heavy atom. The van der Waals surface area contributed by atoms with Crippen LogP contribution in [-0.4, -0.2) is 37.0 Å². The number of alkyl carbamates (subject to hydrolysis) is 1. The first-order valence-corrected chi connectivity index (χ1v) is 17.7. The lowest BCUT2D eigenvalue weighted by molar-refractivity contribution is -0.141. The summed E-state index contributed by atoms with van der Waals surface area (Å²) in [6.07, 6.45) is 6.05. The number of nitrogens with one attached hydrogen (secondary N) is 1. The van der Waals surface area contributed by atoms with Crippen LogP contribution in [0.15, 0.2) is 71.9 Å². The molecule has 1 amide bonds. The summed E-state index contributed by atoms with van der Waals surface area (Å²) >= 11 is 0. The van der Waals surface area contributed by atoms with E-state index < -0.39 is 11.5 Å². The highest BCUT2D eigenvalue weighted by Crippen LogP contribution is 2.66. The molecule has 2 aromatic carbocycles. The zero-order valence-corrected chi connectivity index (χ0v) is 28.7. The zero-order chi connectivity index (χ0) is 34.1. The normalized spacial score (nSPS) is 31.5. The standard InChI is InChI=1S/C40H49NO7/c1-25(15-20-33(42)46-4)31-18-19-32-30-17-16-28-23-29(48-37(44)27-13-9-6-10-14-27)21-22-39(28,2)34(30)35(36(43)40(31,32)3)41-38(45)47-24-26-11-7-5-8-12-26/h5-14,25,28-32H,15-24H2,1-4H3,(H,41,45)/t25-,28-,29-,30+,31-,32+,39+,40-/m1/s1. The second-order valence-electron chi connectivity index (χ2n) is 14.9. The predicted molar refractivity (Wildman–Crippen MR) is 180 cm³/mol. The van der Waals surface area contributed by atoms with Crippen molar-refractivity contribution in [1.29, 1.82) is 0 Å². The topological polar surface area (TPSA) is 108 Å². The highest BCUT2D eigenvalue weighted by Gasteiger charge is 2.63. The van der Waals surface area contributed by atoms with Gasteiger partial charge < -0.3 is 14.2 Å². The molecule has 0 radical (unpaired) electrons. The van der Waals surface area contributed by atoms with E-state index in [1.54, 1.807) is 12.1 Å². The summed E-state index contributed by atoms with van der Waals surface area (Å²) in [6, 6.07) is 18.6. The molecule has 3 saturated carbocycles. The maximum Gasteiger partial charge on any atom is 0.412 e. The molecular formula is C40H49NO7. The third kappa shape index (κ3) is 6.30. The number of ether oxygens (including phenoxy) is 3. The second kappa shape index (κ2) is 13.9. The third-order valence-corrected chi connectivity index (χ3v) is 12.5. The van der Waals surface area contributed by atoms with Crippen LogP contribution in [0.5, 0.6) is 0 Å². The fraction of sp³-hybridized carbons (Fsp3) is 0.550. The van der Waals surface area contributed by atoms with Crippen LogP contribution in [0.1, 0.15) is 94.5 Å². The quantitative estimate of drug-likeness (QED) is 0.217. The van der Waals surface area contributed by atoms with Crippen molar-refractivity contribution < 1.29 is 33.4 Å². The van der Waals surface area contributed by atoms with Crippen molar-refractivity contribution in [2.75, 3.05) is 7.11 Å². The molecule has 48 heavy (non-hydrogen) atoms. The number of hydrogen-bond acceptors (Lipinski definition) is 7. The first-order valence-electron chi connectivity index (χ1n) is 17.7. The molecule has 0 spiro atoms. The van der Waals surface area contributed by atoms with Crippen LogP contribution in [0.2, 0.25) is 0 Å². The van der Waals surface area contributed by atoms with Gasteiger partial charge in [-0.25, -0.2) is 9.59 Å². The fourth-order valence-corrected chi connectivity index (χ4v) is 9.96. The summed E-state index contributed by atoms with van der Waals surface area (Å²) in [5.74, 6) is 0.178. The Balaban J connectivity index is 1.30. The Kier molecular flexibility index (Phi) is 9.82. The van der Waals surface area contributed by atoms with Crippen molar-refractivity contribution in [1.82, 2.24) is 5.32 Å². The zero-order valence-electron chi connectivity index (χ0n) is 28.7. The van der Waals surface area contributed by atoms with Gasteiger partial charge in [-0.15, -0.1) is 0 Å². The number of carbonyl (C=O) groups excluding carboxylic acids is 4. The molecule has 0 unspecified atom stereocenters. The molecule has 1 N–H and O–H groups in total. The molecule has 4 aliphatic carbocycles. The smallest absolute Gasteiger partial charge is 0.412 e. The molecule has 8 heteroatoms. The Morgan fingerprint density at radius 2 is 1.65 bits per heavy atom. The van der Waals surface area contributed by atoms with Gasteiger partial charge in [0.05, 0.1) is 18.4 Å². The summed E-state index contributed by atoms with van der Waals surface area (Å²) in [6.45, 7) is 6.61. The lowest BCUT2D eigenvalue weighted by Crippen LogP contribution is -2.56. The summed E-state index contributed by atoms with van der Waals surface area (Å²) in [4.78, 5) is 53.4. The van der Waals surface area contributed by atoms with E-state index in [9.17, 15) is 19.2 Å². The van der Waals surface area contributed by atoms with Gasteiger partial charge in [0.25, 0.3) is 0 Å². The van der Waals surface area contributed by atoms with Crippen LogP contribution < -0.4 is 5.32 Å². The number of fused-ring (bicyclic) bond motifs is 5. The van der Waals surface area contributed by atoms with Gasteiger partial charge in [-0.2, -0.15) is 0 Å². The number of allylic oxidation sites excluding steroid dienone is 2. The SMILES string of the molecule is COC(=O)CC[C@@H](C)[C@H]1CC[C@H]2[C@@H]3CC[C@@H]4C[C@H](OC(=O)c5ccccc5)CC[C@]4(C)C3=C(NC(=O)OCc3ccccc3)C(=O)[C@]12C. The van der Waals surface area contributed by atoms with E-state index in [2.05, 4.69) is 26.1 Å². The highest BCUT2D eigenvalue weighted by atomic mass is 16.6. The van der Waals surface area contributed by atoms with Gasteiger partial charge in [0.15, 0.2) is 5.78 Å². The van der Waals surface area contributed by atoms with Crippen LogP contribution in [0.4, 0.5) is 4.79 Å². The maximum absolute atomic E-state index is 15.0. The molecule has 0 heterocycles. The minimum Gasteiger partial charge on any atom is -0.469 e. The number of hydrogen-bond donors (Lipinski definition) is 1. The van der Waals surface area contributed by atoms with E-state index in [4.69, 9.17) is 14.2 Å². The molecule has 8 nitrogen and oxygen atoms in total. The van der Waals surface area contributed by atoms with Crippen molar-refractivity contribution >= 4 is 23.8 Å². The molecule has 8 atom stereocenters. The fourth-order valence-electron chi connectivity index (χ4n) is 9.96. The van der Waals surface area contributed by atoms with Gasteiger partial charge in [0.2, 0.25) is 0 Å². The number of esters is 2. The van der Waals surface area contributed by atoms with Crippen molar-refractivity contribution in [3.8, 4) is 0 Å². The van der Waals surface area contributed by atoms with Gasteiger partial charge in [-0.05, 0) is 110 Å². The minimum atomic E-state index is -0.669. The molecule has 0 aliphatic heterocycles. The van der Waals surface area contributed by atoms with Crippen LogP contribution in [0.25, 0.3) is 0 Å². The lowest BCUT2D eigenvalue weighted by Gasteiger charge is -2.57. The van der Waals surface area contributed by atoms with E-state index >= 15 is 0 Å². The molecule has 256 valence electrons. The largest absolute Gasteiger partial charge is 0.469 e. The summed E-state index contributed by atoms with van der Waals surface area (Å²) < 4.78 is 16.6. The molecule has 4 aliphatic rings. The Morgan fingerprint density at radius 3 is 2.35 bits per heavy atom. The summed E-state index contributed by atoms with van der Waals surface area (Å²) in [5, 5.41) is 3.03. The second-order valence-corrected chi connectivity index (χ2v) is 14.9. The number of amides is 1. The predicted octanol–water partition coefficient (Wildman–Crippen LogP) is 7.81. The van der Waals surface area contributed by atoms with Crippen molar-refractivity contribution in [2.45, 2.75) is 91.3 Å². The van der Waals surface area contributed by atoms with Gasteiger partial charge in [0, 0.05) is 11.8 Å². The monoisotopic (exact) mass is 655 g/mol. The van der Waals surface area contributed by atoms with E-state index in [-0.39, 0.29) is 65.4 Å². The maximum atomic E-state index is 15.0. The van der Waals surface area contributed by atoms with Crippen LogP contribution in [0.3, 0.4) is 0 Å². The van der Waals surface area contributed by atoms with Crippen molar-refractivity contribution in [3.05, 3.63) is 83.1 Å². The number of ketones is 1. The molecule has 2 aromatic rings. The number of benzene rings is 2.